The largest absolute Gasteiger partial charge is 0.418 e. The van der Waals surface area contributed by atoms with Gasteiger partial charge in [-0.3, -0.25) is 4.98 Å². The van der Waals surface area contributed by atoms with Crippen molar-refractivity contribution in [1.82, 2.24) is 4.98 Å². The van der Waals surface area contributed by atoms with Crippen LogP contribution in [0.3, 0.4) is 0 Å². The van der Waals surface area contributed by atoms with Crippen molar-refractivity contribution in [2.45, 2.75) is 6.18 Å². The number of alkyl halides is 3. The molecular weight excluding hydrogens is 185 g/mol. The summed E-state index contributed by atoms with van der Waals surface area (Å²) in [6.07, 6.45) is -2.65. The summed E-state index contributed by atoms with van der Waals surface area (Å²) in [7, 11) is 0. The molecule has 0 saturated heterocycles. The second kappa shape index (κ2) is 3.42. The Hall–Kier alpha value is -1.59. The second-order valence-electron chi connectivity index (χ2n) is 2.18. The predicted molar refractivity (Wildman–Crippen MR) is 38.6 cm³/mol. The Morgan fingerprint density at radius 2 is 2.15 bits per heavy atom. The highest BCUT2D eigenvalue weighted by atomic mass is 19.4. The monoisotopic (exact) mass is 190 g/mol. The third-order valence-electron chi connectivity index (χ3n) is 1.32. The van der Waals surface area contributed by atoms with E-state index in [0.717, 1.165) is 12.1 Å². The number of aromatic nitrogens is 1. The third kappa shape index (κ3) is 2.17. The fourth-order valence-electron chi connectivity index (χ4n) is 0.815. The first-order valence-electron chi connectivity index (χ1n) is 3.25. The number of hydrogen-bond donors (Lipinski definition) is 1. The lowest BCUT2D eigenvalue weighted by Crippen LogP contribution is -2.10. The summed E-state index contributed by atoms with van der Waals surface area (Å²) in [6.45, 7) is 0. The van der Waals surface area contributed by atoms with E-state index in [2.05, 4.69) is 10.1 Å². The van der Waals surface area contributed by atoms with Crippen molar-refractivity contribution in [3.63, 3.8) is 0 Å². The summed E-state index contributed by atoms with van der Waals surface area (Å²) in [5.74, 6) is 0. The summed E-state index contributed by atoms with van der Waals surface area (Å²) in [5.41, 5.74) is -1.33. The first-order valence-corrected chi connectivity index (χ1v) is 3.25. The molecule has 0 aliphatic heterocycles. The molecule has 3 nitrogen and oxygen atoms in total. The van der Waals surface area contributed by atoms with Crippen LogP contribution in [0, 0.1) is 0 Å². The van der Waals surface area contributed by atoms with Gasteiger partial charge in [-0.15, -0.1) is 0 Å². The van der Waals surface area contributed by atoms with Crippen molar-refractivity contribution in [3.8, 4) is 0 Å². The van der Waals surface area contributed by atoms with Crippen molar-refractivity contribution < 1.29 is 18.4 Å². The Kier molecular flexibility index (Phi) is 2.50. The SMILES string of the molecule is O/N=C/c1ncccc1C(F)(F)F. The first-order chi connectivity index (χ1) is 6.05. The Bertz CT molecular complexity index is 322. The molecule has 0 fully saturated rings. The molecule has 1 N–H and O–H groups in total. The molecule has 0 bridgehead atoms. The first kappa shape index (κ1) is 9.50. The molecule has 0 amide bonds. The number of hydrogen-bond acceptors (Lipinski definition) is 3. The summed E-state index contributed by atoms with van der Waals surface area (Å²) < 4.78 is 36.6. The molecule has 1 rings (SSSR count). The van der Waals surface area contributed by atoms with Gasteiger partial charge in [0.05, 0.1) is 17.5 Å². The van der Waals surface area contributed by atoms with E-state index in [0.29, 0.717) is 6.21 Å². The molecule has 1 heterocycles. The van der Waals surface area contributed by atoms with Crippen LogP contribution in [0.2, 0.25) is 0 Å². The van der Waals surface area contributed by atoms with E-state index in [4.69, 9.17) is 5.21 Å². The third-order valence-corrected chi connectivity index (χ3v) is 1.32. The molecule has 0 saturated carbocycles. The highest BCUT2D eigenvalue weighted by molar-refractivity contribution is 5.78. The van der Waals surface area contributed by atoms with Crippen LogP contribution in [-0.4, -0.2) is 16.4 Å². The molecule has 1 aromatic rings. The van der Waals surface area contributed by atoms with Gasteiger partial charge >= 0.3 is 6.18 Å². The van der Waals surface area contributed by atoms with Crippen LogP contribution in [0.4, 0.5) is 13.2 Å². The van der Waals surface area contributed by atoms with Gasteiger partial charge in [-0.25, -0.2) is 0 Å². The maximum atomic E-state index is 12.2. The zero-order chi connectivity index (χ0) is 9.90. The number of nitrogens with zero attached hydrogens (tertiary/aromatic N) is 2. The van der Waals surface area contributed by atoms with E-state index in [-0.39, 0.29) is 0 Å². The number of oxime groups is 1. The quantitative estimate of drug-likeness (QED) is 0.417. The van der Waals surface area contributed by atoms with Crippen molar-refractivity contribution >= 4 is 6.21 Å². The van der Waals surface area contributed by atoms with Crippen LogP contribution in [0.5, 0.6) is 0 Å². The van der Waals surface area contributed by atoms with Crippen LogP contribution in [0.15, 0.2) is 23.5 Å². The average Bonchev–Trinajstić information content (AvgIpc) is 2.04. The predicted octanol–water partition coefficient (Wildman–Crippen LogP) is 1.91. The Morgan fingerprint density at radius 1 is 1.46 bits per heavy atom. The van der Waals surface area contributed by atoms with Gasteiger partial charge in [0.15, 0.2) is 0 Å². The van der Waals surface area contributed by atoms with Gasteiger partial charge in [0, 0.05) is 6.20 Å². The summed E-state index contributed by atoms with van der Waals surface area (Å²) in [4.78, 5) is 3.41. The highest BCUT2D eigenvalue weighted by Crippen LogP contribution is 2.30. The summed E-state index contributed by atoms with van der Waals surface area (Å²) in [5, 5.41) is 10.6. The van der Waals surface area contributed by atoms with E-state index in [9.17, 15) is 13.2 Å². The number of pyridine rings is 1. The Labute approximate surface area is 71.5 Å². The zero-order valence-electron chi connectivity index (χ0n) is 6.28. The molecule has 0 aliphatic rings. The highest BCUT2D eigenvalue weighted by Gasteiger charge is 2.33. The lowest BCUT2D eigenvalue weighted by atomic mass is 10.2. The van der Waals surface area contributed by atoms with E-state index in [1.807, 2.05) is 0 Å². The van der Waals surface area contributed by atoms with Crippen molar-refractivity contribution in [2.24, 2.45) is 5.16 Å². The van der Waals surface area contributed by atoms with E-state index in [1.165, 1.54) is 6.20 Å². The molecule has 13 heavy (non-hydrogen) atoms. The van der Waals surface area contributed by atoms with E-state index in [1.54, 1.807) is 0 Å². The van der Waals surface area contributed by atoms with Crippen LogP contribution in [0.25, 0.3) is 0 Å². The molecule has 0 spiro atoms. The molecule has 0 radical (unpaired) electrons. The Balaban J connectivity index is 3.20. The van der Waals surface area contributed by atoms with E-state index < -0.39 is 17.4 Å². The van der Waals surface area contributed by atoms with Crippen molar-refractivity contribution in [3.05, 3.63) is 29.6 Å². The lowest BCUT2D eigenvalue weighted by Gasteiger charge is -2.07. The topological polar surface area (TPSA) is 45.5 Å². The minimum Gasteiger partial charge on any atom is -0.411 e. The van der Waals surface area contributed by atoms with Gasteiger partial charge in [0.2, 0.25) is 0 Å². The molecule has 6 heteroatoms. The minimum absolute atomic E-state index is 0.405. The normalized spacial score (nSPS) is 12.2. The molecule has 0 aliphatic carbocycles. The van der Waals surface area contributed by atoms with Crippen LogP contribution in [-0.2, 0) is 6.18 Å². The smallest absolute Gasteiger partial charge is 0.411 e. The van der Waals surface area contributed by atoms with Crippen LogP contribution < -0.4 is 0 Å². The van der Waals surface area contributed by atoms with Crippen molar-refractivity contribution in [1.29, 1.82) is 0 Å². The molecule has 70 valence electrons. The minimum atomic E-state index is -4.48. The zero-order valence-corrected chi connectivity index (χ0v) is 6.28. The molecule has 0 atom stereocenters. The van der Waals surface area contributed by atoms with Gasteiger partial charge < -0.3 is 5.21 Å². The Morgan fingerprint density at radius 3 is 2.69 bits per heavy atom. The molecule has 1 aromatic heterocycles. The van der Waals surface area contributed by atoms with Crippen LogP contribution in [0.1, 0.15) is 11.3 Å². The lowest BCUT2D eigenvalue weighted by molar-refractivity contribution is -0.137. The molecule has 0 unspecified atom stereocenters. The molecular formula is C7H5F3N2O. The van der Waals surface area contributed by atoms with E-state index >= 15 is 0 Å². The summed E-state index contributed by atoms with van der Waals surface area (Å²) in [6, 6.07) is 2.03. The number of rotatable bonds is 1. The maximum Gasteiger partial charge on any atom is 0.418 e. The van der Waals surface area contributed by atoms with Gasteiger partial charge in [-0.2, -0.15) is 13.2 Å². The second-order valence-corrected chi connectivity index (χ2v) is 2.18. The fraction of sp³-hybridized carbons (Fsp3) is 0.143. The molecule has 0 aromatic carbocycles. The maximum absolute atomic E-state index is 12.2. The van der Waals surface area contributed by atoms with Gasteiger partial charge in [0.1, 0.15) is 0 Å². The van der Waals surface area contributed by atoms with Gasteiger partial charge in [-0.05, 0) is 12.1 Å². The van der Waals surface area contributed by atoms with Gasteiger partial charge in [0.25, 0.3) is 0 Å². The summed E-state index contributed by atoms with van der Waals surface area (Å²) >= 11 is 0. The van der Waals surface area contributed by atoms with Crippen molar-refractivity contribution in [2.75, 3.05) is 0 Å². The van der Waals surface area contributed by atoms with Crippen LogP contribution >= 0.6 is 0 Å². The fourth-order valence-corrected chi connectivity index (χ4v) is 0.815. The standard InChI is InChI=1S/C7H5F3N2O/c8-7(9,10)5-2-1-3-11-6(5)4-12-13/h1-4,13H/b12-4+. The number of halogens is 3. The average molecular weight is 190 g/mol. The van der Waals surface area contributed by atoms with Gasteiger partial charge in [-0.1, -0.05) is 5.16 Å².